The van der Waals surface area contributed by atoms with Crippen LogP contribution in [0, 0.1) is 0 Å². The second kappa shape index (κ2) is 7.24. The van der Waals surface area contributed by atoms with Crippen molar-refractivity contribution >= 4 is 17.7 Å². The van der Waals surface area contributed by atoms with E-state index in [0.29, 0.717) is 11.8 Å². The van der Waals surface area contributed by atoms with Crippen molar-refractivity contribution < 1.29 is 4.79 Å². The van der Waals surface area contributed by atoms with Gasteiger partial charge in [0, 0.05) is 13.1 Å². The molecule has 21 heavy (non-hydrogen) atoms. The number of amides is 1. The van der Waals surface area contributed by atoms with E-state index in [1.165, 1.54) is 37.4 Å². The molecule has 116 valence electrons. The van der Waals surface area contributed by atoms with Crippen LogP contribution in [0.15, 0.2) is 5.16 Å². The molecule has 0 unspecified atom stereocenters. The molecule has 3 rings (SSSR count). The zero-order valence-corrected chi connectivity index (χ0v) is 13.2. The predicted octanol–water partition coefficient (Wildman–Crippen LogP) is 2.28. The summed E-state index contributed by atoms with van der Waals surface area (Å²) in [6.07, 6.45) is 9.64. The second-order valence-electron chi connectivity index (χ2n) is 5.93. The molecule has 1 aromatic heterocycles. The van der Waals surface area contributed by atoms with Gasteiger partial charge in [-0.1, -0.05) is 31.0 Å². The summed E-state index contributed by atoms with van der Waals surface area (Å²) < 4.78 is 1.94. The van der Waals surface area contributed by atoms with Gasteiger partial charge in [0.05, 0.1) is 11.8 Å². The van der Waals surface area contributed by atoms with Gasteiger partial charge in [-0.25, -0.2) is 4.68 Å². The van der Waals surface area contributed by atoms with Gasteiger partial charge < -0.3 is 4.90 Å². The van der Waals surface area contributed by atoms with E-state index in [9.17, 15) is 4.79 Å². The Labute approximate surface area is 129 Å². The highest BCUT2D eigenvalue weighted by Crippen LogP contribution is 2.30. The summed E-state index contributed by atoms with van der Waals surface area (Å²) in [5, 5.41) is 12.8. The Morgan fingerprint density at radius 2 is 1.81 bits per heavy atom. The number of rotatable bonds is 4. The van der Waals surface area contributed by atoms with E-state index in [1.807, 2.05) is 9.58 Å². The summed E-state index contributed by atoms with van der Waals surface area (Å²) in [5.74, 6) is 0.672. The molecule has 1 amide bonds. The normalized spacial score (nSPS) is 20.7. The molecule has 1 saturated carbocycles. The number of aromatic nitrogens is 4. The number of carbonyl (C=O) groups is 1. The Hall–Kier alpha value is -1.11. The third-order valence-corrected chi connectivity index (χ3v) is 5.33. The molecule has 0 N–H and O–H groups in total. The van der Waals surface area contributed by atoms with E-state index in [0.717, 1.165) is 43.9 Å². The lowest BCUT2D eigenvalue weighted by atomic mass is 9.96. The number of thioether (sulfide) groups is 1. The van der Waals surface area contributed by atoms with Crippen molar-refractivity contribution in [3.63, 3.8) is 0 Å². The monoisotopic (exact) mass is 309 g/mol. The molecule has 0 spiro atoms. The summed E-state index contributed by atoms with van der Waals surface area (Å²) in [6, 6.07) is 0.418. The van der Waals surface area contributed by atoms with Gasteiger partial charge in [-0.05, 0) is 42.5 Å². The van der Waals surface area contributed by atoms with Crippen molar-refractivity contribution in [2.45, 2.75) is 62.6 Å². The number of piperidine rings is 1. The van der Waals surface area contributed by atoms with Crippen molar-refractivity contribution in [1.82, 2.24) is 25.1 Å². The van der Waals surface area contributed by atoms with Crippen LogP contribution in [-0.4, -0.2) is 49.9 Å². The Bertz CT molecular complexity index is 466. The molecule has 1 aliphatic heterocycles. The molecule has 7 heteroatoms. The van der Waals surface area contributed by atoms with Crippen molar-refractivity contribution in [2.75, 3.05) is 18.8 Å². The summed E-state index contributed by atoms with van der Waals surface area (Å²) in [5.41, 5.74) is 0. The molecular weight excluding hydrogens is 286 g/mol. The van der Waals surface area contributed by atoms with Gasteiger partial charge in [-0.3, -0.25) is 4.79 Å². The zero-order valence-electron chi connectivity index (χ0n) is 12.4. The fourth-order valence-electron chi connectivity index (χ4n) is 3.20. The second-order valence-corrected chi connectivity index (χ2v) is 6.87. The smallest absolute Gasteiger partial charge is 0.233 e. The zero-order chi connectivity index (χ0) is 14.5. The third-order valence-electron chi connectivity index (χ3n) is 4.42. The van der Waals surface area contributed by atoms with Crippen LogP contribution in [0.5, 0.6) is 0 Å². The van der Waals surface area contributed by atoms with E-state index < -0.39 is 0 Å². The number of nitrogens with zero attached hydrogens (tertiary/aromatic N) is 5. The van der Waals surface area contributed by atoms with Gasteiger partial charge in [-0.2, -0.15) is 0 Å². The Morgan fingerprint density at radius 1 is 1.10 bits per heavy atom. The summed E-state index contributed by atoms with van der Waals surface area (Å²) in [7, 11) is 0. The molecule has 2 fully saturated rings. The van der Waals surface area contributed by atoms with Crippen molar-refractivity contribution in [2.24, 2.45) is 0 Å². The van der Waals surface area contributed by atoms with Gasteiger partial charge in [-0.15, -0.1) is 5.10 Å². The van der Waals surface area contributed by atoms with Crippen LogP contribution in [0.4, 0.5) is 0 Å². The number of carbonyl (C=O) groups excluding carboxylic acids is 1. The first-order chi connectivity index (χ1) is 10.3. The van der Waals surface area contributed by atoms with Crippen LogP contribution in [-0.2, 0) is 4.79 Å². The van der Waals surface area contributed by atoms with E-state index in [2.05, 4.69) is 15.5 Å². The highest BCUT2D eigenvalue weighted by Gasteiger charge is 2.22. The minimum Gasteiger partial charge on any atom is -0.342 e. The van der Waals surface area contributed by atoms with Crippen molar-refractivity contribution in [3.05, 3.63) is 0 Å². The lowest BCUT2D eigenvalue weighted by Crippen LogP contribution is -2.36. The molecule has 2 aliphatic rings. The molecular formula is C14H23N5OS. The highest BCUT2D eigenvalue weighted by molar-refractivity contribution is 7.99. The number of tetrazole rings is 1. The minimum atomic E-state index is 0.220. The Kier molecular flexibility index (Phi) is 5.11. The maximum Gasteiger partial charge on any atom is 0.233 e. The quantitative estimate of drug-likeness (QED) is 0.798. The number of likely N-dealkylation sites (tertiary alicyclic amines) is 1. The van der Waals surface area contributed by atoms with E-state index in [1.54, 1.807) is 0 Å². The first-order valence-corrected chi connectivity index (χ1v) is 9.01. The molecule has 0 atom stereocenters. The molecule has 1 aromatic rings. The maximum atomic E-state index is 12.2. The molecule has 0 bridgehead atoms. The van der Waals surface area contributed by atoms with Crippen molar-refractivity contribution in [3.8, 4) is 0 Å². The first kappa shape index (κ1) is 14.8. The number of hydrogen-bond acceptors (Lipinski definition) is 5. The predicted molar refractivity (Wildman–Crippen MR) is 81.1 cm³/mol. The van der Waals surface area contributed by atoms with E-state index in [4.69, 9.17) is 0 Å². The average molecular weight is 309 g/mol. The average Bonchev–Trinajstić information content (AvgIpc) is 3.03. The van der Waals surface area contributed by atoms with Gasteiger partial charge in [0.1, 0.15) is 0 Å². The van der Waals surface area contributed by atoms with Crippen LogP contribution >= 0.6 is 11.8 Å². The fraction of sp³-hybridized carbons (Fsp3) is 0.857. The molecule has 2 heterocycles. The molecule has 1 aliphatic carbocycles. The minimum absolute atomic E-state index is 0.220. The highest BCUT2D eigenvalue weighted by atomic mass is 32.2. The van der Waals surface area contributed by atoms with Gasteiger partial charge in [0.25, 0.3) is 0 Å². The van der Waals surface area contributed by atoms with E-state index >= 15 is 0 Å². The summed E-state index contributed by atoms with van der Waals surface area (Å²) in [4.78, 5) is 14.2. The van der Waals surface area contributed by atoms with E-state index in [-0.39, 0.29) is 5.91 Å². The van der Waals surface area contributed by atoms with Gasteiger partial charge in [0.2, 0.25) is 11.1 Å². The molecule has 0 aromatic carbocycles. The fourth-order valence-corrected chi connectivity index (χ4v) is 4.04. The van der Waals surface area contributed by atoms with Crippen LogP contribution in [0.2, 0.25) is 0 Å². The molecule has 6 nitrogen and oxygen atoms in total. The van der Waals surface area contributed by atoms with Crippen LogP contribution in [0.3, 0.4) is 0 Å². The summed E-state index contributed by atoms with van der Waals surface area (Å²) in [6.45, 7) is 1.82. The molecule has 1 saturated heterocycles. The van der Waals surface area contributed by atoms with Gasteiger partial charge in [0.15, 0.2) is 0 Å². The third kappa shape index (κ3) is 3.75. The number of hydrogen-bond donors (Lipinski definition) is 0. The maximum absolute atomic E-state index is 12.2. The van der Waals surface area contributed by atoms with Crippen LogP contribution in [0.1, 0.15) is 57.4 Å². The molecule has 0 radical (unpaired) electrons. The Morgan fingerprint density at radius 3 is 2.57 bits per heavy atom. The lowest BCUT2D eigenvalue weighted by Gasteiger charge is -2.26. The topological polar surface area (TPSA) is 63.9 Å². The lowest BCUT2D eigenvalue weighted by molar-refractivity contribution is -0.129. The first-order valence-electron chi connectivity index (χ1n) is 8.03. The van der Waals surface area contributed by atoms with Crippen LogP contribution < -0.4 is 0 Å². The van der Waals surface area contributed by atoms with Crippen LogP contribution in [0.25, 0.3) is 0 Å². The Balaban J connectivity index is 1.55. The SMILES string of the molecule is O=C(CSc1nnnn1C1CCCCC1)N1CCCCC1. The summed E-state index contributed by atoms with van der Waals surface area (Å²) >= 11 is 1.48. The van der Waals surface area contributed by atoms with Gasteiger partial charge >= 0.3 is 0 Å². The largest absolute Gasteiger partial charge is 0.342 e. The van der Waals surface area contributed by atoms with Crippen molar-refractivity contribution in [1.29, 1.82) is 0 Å². The standard InChI is InChI=1S/C14H23N5OS/c20-13(18-9-5-2-6-10-18)11-21-14-15-16-17-19(14)12-7-3-1-4-8-12/h12H,1-11H2.